The van der Waals surface area contributed by atoms with Gasteiger partial charge in [0.2, 0.25) is 0 Å². The van der Waals surface area contributed by atoms with Crippen molar-refractivity contribution in [1.29, 1.82) is 0 Å². The molecule has 3 aromatic carbocycles. The highest BCUT2D eigenvalue weighted by atomic mass is 16.6. The number of Topliss-reactive ketones (excluding diaryl/α,β-unsaturated/α-hetero) is 1. The van der Waals surface area contributed by atoms with Crippen LogP contribution >= 0.6 is 0 Å². The minimum absolute atomic E-state index is 0.0285. The van der Waals surface area contributed by atoms with Crippen molar-refractivity contribution in [2.45, 2.75) is 25.7 Å². The molecule has 2 atom stereocenters. The Bertz CT molecular complexity index is 900. The van der Waals surface area contributed by atoms with Crippen molar-refractivity contribution in [3.8, 4) is 5.75 Å². The van der Waals surface area contributed by atoms with Crippen molar-refractivity contribution in [3.63, 3.8) is 0 Å². The number of hydrogen-bond donors (Lipinski definition) is 0. The summed E-state index contributed by atoms with van der Waals surface area (Å²) >= 11 is 0. The molecule has 3 heteroatoms. The quantitative estimate of drug-likeness (QED) is 0.472. The van der Waals surface area contributed by atoms with Gasteiger partial charge < -0.3 is 9.47 Å². The number of carbonyl (C=O) groups is 1. The zero-order chi connectivity index (χ0) is 17.9. The fourth-order valence-corrected chi connectivity index (χ4v) is 3.01. The molecule has 1 saturated heterocycles. The van der Waals surface area contributed by atoms with Gasteiger partial charge in [0, 0.05) is 0 Å². The van der Waals surface area contributed by atoms with Gasteiger partial charge in [-0.3, -0.25) is 4.79 Å². The molecule has 0 saturated carbocycles. The van der Waals surface area contributed by atoms with E-state index in [-0.39, 0.29) is 11.9 Å². The largest absolute Gasteiger partial charge is 0.488 e. The average Bonchev–Trinajstić information content (AvgIpc) is 3.48. The molecule has 0 aliphatic carbocycles. The second-order valence-corrected chi connectivity index (χ2v) is 6.52. The monoisotopic (exact) mass is 344 g/mol. The van der Waals surface area contributed by atoms with Crippen LogP contribution in [0, 0.1) is 6.92 Å². The summed E-state index contributed by atoms with van der Waals surface area (Å²) < 4.78 is 11.6. The molecule has 1 aliphatic rings. The van der Waals surface area contributed by atoms with Crippen LogP contribution in [0.25, 0.3) is 0 Å². The Morgan fingerprint density at radius 2 is 1.62 bits per heavy atom. The molecule has 0 spiro atoms. The average molecular weight is 344 g/mol. The zero-order valence-corrected chi connectivity index (χ0v) is 14.6. The highest BCUT2D eigenvalue weighted by Crippen LogP contribution is 2.41. The lowest BCUT2D eigenvalue weighted by Gasteiger charge is -2.10. The normalized spacial score (nSPS) is 18.3. The SMILES string of the molecule is Cc1ccc([C@@H]2O[C@@H]2C(=O)c2ccccc2OCc2ccccc2)cc1. The van der Waals surface area contributed by atoms with E-state index in [0.717, 1.165) is 11.1 Å². The van der Waals surface area contributed by atoms with Crippen LogP contribution in [0.15, 0.2) is 78.9 Å². The van der Waals surface area contributed by atoms with E-state index in [2.05, 4.69) is 0 Å². The smallest absolute Gasteiger partial charge is 0.198 e. The first-order chi connectivity index (χ1) is 12.7. The summed E-state index contributed by atoms with van der Waals surface area (Å²) in [5.74, 6) is 0.568. The third kappa shape index (κ3) is 3.53. The molecule has 3 nitrogen and oxygen atoms in total. The molecule has 3 aromatic rings. The molecular formula is C23H20O3. The van der Waals surface area contributed by atoms with Gasteiger partial charge in [0.05, 0.1) is 5.56 Å². The van der Waals surface area contributed by atoms with Crippen molar-refractivity contribution in [2.75, 3.05) is 0 Å². The molecule has 1 heterocycles. The number of carbonyl (C=O) groups excluding carboxylic acids is 1. The lowest BCUT2D eigenvalue weighted by atomic mass is 10.0. The summed E-state index contributed by atoms with van der Waals surface area (Å²) in [5, 5.41) is 0. The zero-order valence-electron chi connectivity index (χ0n) is 14.6. The number of epoxide rings is 1. The molecule has 130 valence electrons. The lowest BCUT2D eigenvalue weighted by Crippen LogP contribution is -2.10. The first-order valence-electron chi connectivity index (χ1n) is 8.74. The number of hydrogen-bond acceptors (Lipinski definition) is 3. The van der Waals surface area contributed by atoms with Gasteiger partial charge >= 0.3 is 0 Å². The number of ketones is 1. The van der Waals surface area contributed by atoms with E-state index >= 15 is 0 Å². The number of ether oxygens (including phenoxy) is 2. The van der Waals surface area contributed by atoms with Crippen LogP contribution in [0.1, 0.15) is 33.2 Å². The molecule has 0 N–H and O–H groups in total. The van der Waals surface area contributed by atoms with E-state index in [1.807, 2.05) is 79.7 Å². The molecular weight excluding hydrogens is 324 g/mol. The summed E-state index contributed by atoms with van der Waals surface area (Å²) in [7, 11) is 0. The Hall–Kier alpha value is -2.91. The fraction of sp³-hybridized carbons (Fsp3) is 0.174. The van der Waals surface area contributed by atoms with Crippen LogP contribution in [0.3, 0.4) is 0 Å². The van der Waals surface area contributed by atoms with Gasteiger partial charge in [-0.15, -0.1) is 0 Å². The van der Waals surface area contributed by atoms with Crippen LogP contribution in [0.4, 0.5) is 0 Å². The maximum atomic E-state index is 12.9. The van der Waals surface area contributed by atoms with Crippen molar-refractivity contribution >= 4 is 5.78 Å². The predicted molar refractivity (Wildman–Crippen MR) is 100 cm³/mol. The third-order valence-electron chi connectivity index (χ3n) is 4.55. The maximum Gasteiger partial charge on any atom is 0.198 e. The van der Waals surface area contributed by atoms with Crippen LogP contribution in [0.5, 0.6) is 5.75 Å². The van der Waals surface area contributed by atoms with E-state index in [1.54, 1.807) is 6.07 Å². The molecule has 0 bridgehead atoms. The Morgan fingerprint density at radius 3 is 2.38 bits per heavy atom. The van der Waals surface area contributed by atoms with E-state index in [0.29, 0.717) is 17.9 Å². The van der Waals surface area contributed by atoms with E-state index in [4.69, 9.17) is 9.47 Å². The van der Waals surface area contributed by atoms with E-state index in [1.165, 1.54) is 5.56 Å². The molecule has 0 radical (unpaired) electrons. The number of rotatable bonds is 6. The van der Waals surface area contributed by atoms with Crippen molar-refractivity contribution < 1.29 is 14.3 Å². The van der Waals surface area contributed by atoms with Crippen molar-refractivity contribution in [2.24, 2.45) is 0 Å². The minimum atomic E-state index is -0.431. The number of aryl methyl sites for hydroxylation is 1. The van der Waals surface area contributed by atoms with E-state index < -0.39 is 6.10 Å². The van der Waals surface area contributed by atoms with Crippen LogP contribution in [-0.4, -0.2) is 11.9 Å². The highest BCUT2D eigenvalue weighted by Gasteiger charge is 2.46. The second-order valence-electron chi connectivity index (χ2n) is 6.52. The van der Waals surface area contributed by atoms with Crippen molar-refractivity contribution in [1.82, 2.24) is 0 Å². The topological polar surface area (TPSA) is 38.8 Å². The van der Waals surface area contributed by atoms with Crippen LogP contribution in [-0.2, 0) is 11.3 Å². The first kappa shape index (κ1) is 16.6. The molecule has 1 aliphatic heterocycles. The van der Waals surface area contributed by atoms with Gasteiger partial charge in [0.1, 0.15) is 18.5 Å². The molecule has 0 amide bonds. The number of para-hydroxylation sites is 1. The van der Waals surface area contributed by atoms with Crippen LogP contribution in [0.2, 0.25) is 0 Å². The second kappa shape index (κ2) is 7.14. The van der Waals surface area contributed by atoms with Gasteiger partial charge in [-0.1, -0.05) is 72.3 Å². The Kier molecular flexibility index (Phi) is 4.55. The standard InChI is InChI=1S/C23H20O3/c1-16-11-13-18(14-12-16)22-23(26-22)21(24)19-9-5-6-10-20(19)25-15-17-7-3-2-4-8-17/h2-14,22-23H,15H2,1H3/t22-,23+/m0/s1. The Morgan fingerprint density at radius 1 is 0.923 bits per heavy atom. The van der Waals surface area contributed by atoms with Gasteiger partial charge in [-0.05, 0) is 30.2 Å². The van der Waals surface area contributed by atoms with Gasteiger partial charge in [-0.25, -0.2) is 0 Å². The van der Waals surface area contributed by atoms with Crippen molar-refractivity contribution in [3.05, 3.63) is 101 Å². The number of benzene rings is 3. The predicted octanol–water partition coefficient (Wildman–Crippen LogP) is 4.90. The minimum Gasteiger partial charge on any atom is -0.488 e. The fourth-order valence-electron chi connectivity index (χ4n) is 3.01. The highest BCUT2D eigenvalue weighted by molar-refractivity contribution is 6.03. The van der Waals surface area contributed by atoms with E-state index in [9.17, 15) is 4.79 Å². The van der Waals surface area contributed by atoms with Gasteiger partial charge in [-0.2, -0.15) is 0 Å². The molecule has 4 rings (SSSR count). The summed E-state index contributed by atoms with van der Waals surface area (Å²) in [6.07, 6.45) is -0.593. The third-order valence-corrected chi connectivity index (χ3v) is 4.55. The summed E-state index contributed by atoms with van der Waals surface area (Å²) in [4.78, 5) is 12.9. The van der Waals surface area contributed by atoms with Gasteiger partial charge in [0.25, 0.3) is 0 Å². The Balaban J connectivity index is 1.48. The molecule has 0 aromatic heterocycles. The molecule has 26 heavy (non-hydrogen) atoms. The summed E-state index contributed by atoms with van der Waals surface area (Å²) in [5.41, 5.74) is 3.87. The summed E-state index contributed by atoms with van der Waals surface area (Å²) in [6, 6.07) is 25.4. The van der Waals surface area contributed by atoms with Gasteiger partial charge in [0.15, 0.2) is 11.9 Å². The first-order valence-corrected chi connectivity index (χ1v) is 8.74. The Labute approximate surface area is 153 Å². The van der Waals surface area contributed by atoms with Crippen LogP contribution < -0.4 is 4.74 Å². The molecule has 1 fully saturated rings. The summed E-state index contributed by atoms with van der Waals surface area (Å²) in [6.45, 7) is 2.47. The maximum absolute atomic E-state index is 12.9. The molecule has 0 unspecified atom stereocenters. The lowest BCUT2D eigenvalue weighted by molar-refractivity contribution is 0.0949.